The lowest BCUT2D eigenvalue weighted by atomic mass is 9.96. The van der Waals surface area contributed by atoms with Gasteiger partial charge in [0.2, 0.25) is 0 Å². The van der Waals surface area contributed by atoms with Crippen LogP contribution in [0.5, 0.6) is 0 Å². The minimum Gasteiger partial charge on any atom is -0.320 e. The molecule has 0 unspecified atom stereocenters. The second-order valence-electron chi connectivity index (χ2n) is 3.74. The summed E-state index contributed by atoms with van der Waals surface area (Å²) in [5.74, 6) is -1.30. The average molecular weight is 275 g/mol. The fourth-order valence-electron chi connectivity index (χ4n) is 1.73. The number of halogens is 4. The number of alkyl halides is 3. The molecule has 2 rings (SSSR count). The first-order chi connectivity index (χ1) is 8.41. The molecule has 1 atom stereocenters. The Labute approximate surface area is 105 Å². The van der Waals surface area contributed by atoms with E-state index in [1.54, 1.807) is 16.8 Å². The summed E-state index contributed by atoms with van der Waals surface area (Å²) in [6.45, 7) is 0. The van der Waals surface area contributed by atoms with Crippen LogP contribution in [0.4, 0.5) is 17.6 Å². The van der Waals surface area contributed by atoms with Crippen LogP contribution in [0.2, 0.25) is 0 Å². The summed E-state index contributed by atoms with van der Waals surface area (Å²) < 4.78 is 51.8. The number of hydrogen-bond acceptors (Lipinski definition) is 2. The first-order valence-electron chi connectivity index (χ1n) is 5.04. The van der Waals surface area contributed by atoms with Crippen molar-refractivity contribution in [3.8, 4) is 0 Å². The van der Waals surface area contributed by atoms with Crippen molar-refractivity contribution in [1.82, 2.24) is 0 Å². The SMILES string of the molecule is N[C@@H](c1ccsc1)c1cccc(F)c1C(F)(F)F. The Hall–Kier alpha value is -1.40. The van der Waals surface area contributed by atoms with Crippen LogP contribution in [-0.2, 0) is 6.18 Å². The molecule has 0 spiro atoms. The van der Waals surface area contributed by atoms with E-state index in [0.717, 1.165) is 6.07 Å². The van der Waals surface area contributed by atoms with Crippen molar-refractivity contribution < 1.29 is 17.6 Å². The van der Waals surface area contributed by atoms with Crippen LogP contribution < -0.4 is 5.73 Å². The predicted molar refractivity (Wildman–Crippen MR) is 61.8 cm³/mol. The molecule has 1 heterocycles. The van der Waals surface area contributed by atoms with E-state index in [1.165, 1.54) is 23.5 Å². The molecular formula is C12H9F4NS. The summed E-state index contributed by atoms with van der Waals surface area (Å²) in [7, 11) is 0. The predicted octanol–water partition coefficient (Wildman–Crippen LogP) is 3.95. The molecule has 0 bridgehead atoms. The van der Waals surface area contributed by atoms with Gasteiger partial charge < -0.3 is 5.73 Å². The fourth-order valence-corrected chi connectivity index (χ4v) is 2.43. The molecule has 0 amide bonds. The van der Waals surface area contributed by atoms with E-state index in [-0.39, 0.29) is 5.56 Å². The van der Waals surface area contributed by atoms with Crippen LogP contribution in [0, 0.1) is 5.82 Å². The molecule has 0 aliphatic carbocycles. The minimum atomic E-state index is -4.76. The molecule has 2 N–H and O–H groups in total. The lowest BCUT2D eigenvalue weighted by Gasteiger charge is -2.18. The van der Waals surface area contributed by atoms with Gasteiger partial charge in [-0.3, -0.25) is 0 Å². The number of benzene rings is 1. The van der Waals surface area contributed by atoms with Crippen molar-refractivity contribution in [2.24, 2.45) is 5.73 Å². The van der Waals surface area contributed by atoms with E-state index in [4.69, 9.17) is 5.73 Å². The van der Waals surface area contributed by atoms with Gasteiger partial charge in [-0.25, -0.2) is 4.39 Å². The Kier molecular flexibility index (Phi) is 3.41. The number of nitrogens with two attached hydrogens (primary N) is 1. The van der Waals surface area contributed by atoms with Crippen LogP contribution in [0.1, 0.15) is 22.7 Å². The lowest BCUT2D eigenvalue weighted by molar-refractivity contribution is -0.140. The van der Waals surface area contributed by atoms with Crippen LogP contribution in [0.25, 0.3) is 0 Å². The largest absolute Gasteiger partial charge is 0.419 e. The van der Waals surface area contributed by atoms with Crippen molar-refractivity contribution in [2.45, 2.75) is 12.2 Å². The summed E-state index contributed by atoms with van der Waals surface area (Å²) >= 11 is 1.33. The Morgan fingerprint density at radius 1 is 1.17 bits per heavy atom. The summed E-state index contributed by atoms with van der Waals surface area (Å²) in [5, 5.41) is 3.36. The Morgan fingerprint density at radius 2 is 1.89 bits per heavy atom. The second-order valence-corrected chi connectivity index (χ2v) is 4.52. The average Bonchev–Trinajstić information content (AvgIpc) is 2.79. The maximum absolute atomic E-state index is 13.4. The van der Waals surface area contributed by atoms with Crippen molar-refractivity contribution in [3.05, 3.63) is 57.5 Å². The maximum atomic E-state index is 13.4. The van der Waals surface area contributed by atoms with Gasteiger partial charge in [-0.2, -0.15) is 24.5 Å². The monoisotopic (exact) mass is 275 g/mol. The van der Waals surface area contributed by atoms with E-state index < -0.39 is 23.6 Å². The third-order valence-corrected chi connectivity index (χ3v) is 3.27. The van der Waals surface area contributed by atoms with Crippen molar-refractivity contribution in [3.63, 3.8) is 0 Å². The molecule has 6 heteroatoms. The molecule has 2 aromatic rings. The van der Waals surface area contributed by atoms with Gasteiger partial charge in [0, 0.05) is 0 Å². The standard InChI is InChI=1S/C12H9F4NS/c13-9-3-1-2-8(10(9)12(14,15)16)11(17)7-4-5-18-6-7/h1-6,11H,17H2/t11-/m0/s1. The molecule has 1 aromatic carbocycles. The zero-order chi connectivity index (χ0) is 13.3. The van der Waals surface area contributed by atoms with Crippen LogP contribution in [-0.4, -0.2) is 0 Å². The Morgan fingerprint density at radius 3 is 2.44 bits per heavy atom. The van der Waals surface area contributed by atoms with E-state index in [0.29, 0.717) is 5.56 Å². The van der Waals surface area contributed by atoms with Gasteiger partial charge in [0.15, 0.2) is 0 Å². The van der Waals surface area contributed by atoms with Crippen LogP contribution in [0.15, 0.2) is 35.0 Å². The molecule has 96 valence electrons. The van der Waals surface area contributed by atoms with E-state index in [9.17, 15) is 17.6 Å². The van der Waals surface area contributed by atoms with E-state index in [2.05, 4.69) is 0 Å². The summed E-state index contributed by atoms with van der Waals surface area (Å²) in [5.41, 5.74) is 4.77. The highest BCUT2D eigenvalue weighted by atomic mass is 32.1. The molecule has 0 aliphatic rings. The topological polar surface area (TPSA) is 26.0 Å². The van der Waals surface area contributed by atoms with Crippen LogP contribution >= 0.6 is 11.3 Å². The van der Waals surface area contributed by atoms with Gasteiger partial charge >= 0.3 is 6.18 Å². The minimum absolute atomic E-state index is 0.249. The van der Waals surface area contributed by atoms with E-state index in [1.807, 2.05) is 0 Å². The highest BCUT2D eigenvalue weighted by Crippen LogP contribution is 2.37. The summed E-state index contributed by atoms with van der Waals surface area (Å²) in [4.78, 5) is 0. The molecule has 0 saturated heterocycles. The summed E-state index contributed by atoms with van der Waals surface area (Å²) in [6.07, 6.45) is -4.76. The van der Waals surface area contributed by atoms with E-state index >= 15 is 0 Å². The van der Waals surface area contributed by atoms with Gasteiger partial charge in [0.05, 0.1) is 11.6 Å². The second kappa shape index (κ2) is 4.70. The van der Waals surface area contributed by atoms with Crippen molar-refractivity contribution >= 4 is 11.3 Å². The maximum Gasteiger partial charge on any atom is 0.419 e. The zero-order valence-electron chi connectivity index (χ0n) is 9.04. The van der Waals surface area contributed by atoms with Gasteiger partial charge in [-0.1, -0.05) is 12.1 Å². The third kappa shape index (κ3) is 2.39. The molecule has 0 radical (unpaired) electrons. The lowest BCUT2D eigenvalue weighted by Crippen LogP contribution is -2.19. The number of thiophene rings is 1. The summed E-state index contributed by atoms with van der Waals surface area (Å²) in [6, 6.07) is 3.86. The highest BCUT2D eigenvalue weighted by Gasteiger charge is 2.38. The van der Waals surface area contributed by atoms with Gasteiger partial charge in [0.25, 0.3) is 0 Å². The fraction of sp³-hybridized carbons (Fsp3) is 0.167. The Balaban J connectivity index is 2.55. The number of rotatable bonds is 2. The van der Waals surface area contributed by atoms with Gasteiger partial charge in [-0.05, 0) is 34.0 Å². The molecule has 1 aromatic heterocycles. The first kappa shape index (κ1) is 13.0. The van der Waals surface area contributed by atoms with Gasteiger partial charge in [0.1, 0.15) is 5.82 Å². The normalized spacial score (nSPS) is 13.6. The quantitative estimate of drug-likeness (QED) is 0.825. The Bertz CT molecular complexity index is 534. The van der Waals surface area contributed by atoms with Crippen LogP contribution in [0.3, 0.4) is 0 Å². The van der Waals surface area contributed by atoms with Crippen molar-refractivity contribution in [2.75, 3.05) is 0 Å². The molecule has 18 heavy (non-hydrogen) atoms. The van der Waals surface area contributed by atoms with Crippen molar-refractivity contribution in [1.29, 1.82) is 0 Å². The highest BCUT2D eigenvalue weighted by molar-refractivity contribution is 7.08. The smallest absolute Gasteiger partial charge is 0.320 e. The molecule has 1 nitrogen and oxygen atoms in total. The number of hydrogen-bond donors (Lipinski definition) is 1. The van der Waals surface area contributed by atoms with Gasteiger partial charge in [-0.15, -0.1) is 0 Å². The molecular weight excluding hydrogens is 266 g/mol. The first-order valence-corrected chi connectivity index (χ1v) is 5.99. The third-order valence-electron chi connectivity index (χ3n) is 2.57. The molecule has 0 aliphatic heterocycles. The molecule has 0 saturated carbocycles. The zero-order valence-corrected chi connectivity index (χ0v) is 9.86. The molecule has 0 fully saturated rings.